The molecule has 0 atom stereocenters. The molecule has 116 valence electrons. The van der Waals surface area contributed by atoms with Crippen LogP contribution in [-0.2, 0) is 4.79 Å². The summed E-state index contributed by atoms with van der Waals surface area (Å²) in [4.78, 5) is 27.9. The van der Waals surface area contributed by atoms with Gasteiger partial charge in [0.1, 0.15) is 6.26 Å². The average molecular weight is 293 g/mol. The minimum absolute atomic E-state index is 0.0115. The van der Waals surface area contributed by atoms with Crippen LogP contribution in [0.4, 0.5) is 0 Å². The van der Waals surface area contributed by atoms with Crippen molar-refractivity contribution in [2.24, 2.45) is 0 Å². The second-order valence-corrected chi connectivity index (χ2v) is 6.38. The molecule has 2 amide bonds. The molecular formula is C15H23N3O3. The first-order valence-corrected chi connectivity index (χ1v) is 7.20. The van der Waals surface area contributed by atoms with E-state index >= 15 is 0 Å². The maximum Gasteiger partial charge on any atom is 0.257 e. The Morgan fingerprint density at radius 2 is 1.90 bits per heavy atom. The molecule has 0 aliphatic carbocycles. The van der Waals surface area contributed by atoms with Gasteiger partial charge in [0.05, 0.1) is 18.4 Å². The van der Waals surface area contributed by atoms with E-state index in [-0.39, 0.29) is 17.4 Å². The largest absolute Gasteiger partial charge is 0.472 e. The Hall–Kier alpha value is -1.82. The Kier molecular flexibility index (Phi) is 4.67. The maximum absolute atomic E-state index is 12.1. The lowest BCUT2D eigenvalue weighted by Crippen LogP contribution is -2.52. The summed E-state index contributed by atoms with van der Waals surface area (Å²) in [5, 5.41) is 2.95. The van der Waals surface area contributed by atoms with Gasteiger partial charge in [-0.2, -0.15) is 0 Å². The topological polar surface area (TPSA) is 65.8 Å². The zero-order valence-corrected chi connectivity index (χ0v) is 12.9. The number of nitrogens with zero attached hydrogens (tertiary/aromatic N) is 2. The third-order valence-corrected chi connectivity index (χ3v) is 3.31. The van der Waals surface area contributed by atoms with Crippen molar-refractivity contribution in [3.8, 4) is 0 Å². The van der Waals surface area contributed by atoms with Gasteiger partial charge < -0.3 is 14.6 Å². The number of amides is 2. The highest BCUT2D eigenvalue weighted by Crippen LogP contribution is 2.09. The van der Waals surface area contributed by atoms with E-state index in [0.717, 1.165) is 0 Å². The number of carbonyl (C=O) groups is 2. The molecule has 1 saturated heterocycles. The van der Waals surface area contributed by atoms with E-state index in [4.69, 9.17) is 4.42 Å². The van der Waals surface area contributed by atoms with Crippen LogP contribution in [0.3, 0.4) is 0 Å². The molecule has 0 saturated carbocycles. The van der Waals surface area contributed by atoms with Crippen LogP contribution < -0.4 is 5.32 Å². The van der Waals surface area contributed by atoms with Crippen LogP contribution in [0.15, 0.2) is 23.0 Å². The molecule has 1 aliphatic heterocycles. The van der Waals surface area contributed by atoms with Crippen LogP contribution in [0.25, 0.3) is 0 Å². The van der Waals surface area contributed by atoms with E-state index in [1.807, 2.05) is 20.8 Å². The fourth-order valence-electron chi connectivity index (χ4n) is 2.34. The van der Waals surface area contributed by atoms with Gasteiger partial charge in [0.15, 0.2) is 0 Å². The molecule has 6 heteroatoms. The van der Waals surface area contributed by atoms with Crippen molar-refractivity contribution in [1.29, 1.82) is 0 Å². The molecule has 21 heavy (non-hydrogen) atoms. The molecule has 1 aliphatic rings. The van der Waals surface area contributed by atoms with E-state index in [1.165, 1.54) is 12.5 Å². The molecule has 1 fully saturated rings. The van der Waals surface area contributed by atoms with E-state index in [1.54, 1.807) is 11.0 Å². The summed E-state index contributed by atoms with van der Waals surface area (Å²) in [6, 6.07) is 1.67. The van der Waals surface area contributed by atoms with Gasteiger partial charge in [-0.25, -0.2) is 0 Å². The van der Waals surface area contributed by atoms with Gasteiger partial charge in [0.2, 0.25) is 5.91 Å². The first kappa shape index (κ1) is 15.6. The lowest BCUT2D eigenvalue weighted by atomic mass is 10.1. The number of hydrogen-bond acceptors (Lipinski definition) is 4. The van der Waals surface area contributed by atoms with Crippen molar-refractivity contribution in [2.75, 3.05) is 32.7 Å². The van der Waals surface area contributed by atoms with E-state index < -0.39 is 0 Å². The predicted octanol–water partition coefficient (Wildman–Crippen LogP) is 0.952. The molecule has 6 nitrogen and oxygen atoms in total. The average Bonchev–Trinajstić information content (AvgIpc) is 2.90. The first-order chi connectivity index (χ1) is 9.85. The summed E-state index contributed by atoms with van der Waals surface area (Å²) in [5.41, 5.74) is 0.366. The highest BCUT2D eigenvalue weighted by atomic mass is 16.3. The molecule has 0 bridgehead atoms. The van der Waals surface area contributed by atoms with Gasteiger partial charge in [-0.1, -0.05) is 0 Å². The molecule has 0 aromatic carbocycles. The molecule has 2 heterocycles. The summed E-state index contributed by atoms with van der Waals surface area (Å²) in [6.07, 6.45) is 2.96. The third-order valence-electron chi connectivity index (χ3n) is 3.31. The van der Waals surface area contributed by atoms with Crippen molar-refractivity contribution < 1.29 is 14.0 Å². The Morgan fingerprint density at radius 3 is 2.43 bits per heavy atom. The van der Waals surface area contributed by atoms with Gasteiger partial charge in [0, 0.05) is 31.7 Å². The van der Waals surface area contributed by atoms with Crippen molar-refractivity contribution >= 4 is 11.8 Å². The Morgan fingerprint density at radius 1 is 1.24 bits per heavy atom. The lowest BCUT2D eigenvalue weighted by Gasteiger charge is -2.34. The van der Waals surface area contributed by atoms with Crippen molar-refractivity contribution in [3.63, 3.8) is 0 Å². The highest BCUT2D eigenvalue weighted by Gasteiger charge is 2.24. The predicted molar refractivity (Wildman–Crippen MR) is 78.9 cm³/mol. The molecule has 0 radical (unpaired) electrons. The van der Waals surface area contributed by atoms with Gasteiger partial charge >= 0.3 is 0 Å². The third kappa shape index (κ3) is 4.60. The number of nitrogens with one attached hydrogen (secondary N) is 1. The van der Waals surface area contributed by atoms with Gasteiger partial charge in [-0.3, -0.25) is 14.5 Å². The van der Waals surface area contributed by atoms with Crippen LogP contribution in [0, 0.1) is 0 Å². The minimum atomic E-state index is -0.212. The molecule has 1 aromatic rings. The Balaban J connectivity index is 1.78. The van der Waals surface area contributed by atoms with Crippen molar-refractivity contribution in [2.45, 2.75) is 26.3 Å². The summed E-state index contributed by atoms with van der Waals surface area (Å²) < 4.78 is 4.94. The van der Waals surface area contributed by atoms with Crippen molar-refractivity contribution in [1.82, 2.24) is 15.1 Å². The van der Waals surface area contributed by atoms with Crippen LogP contribution in [0.2, 0.25) is 0 Å². The zero-order valence-electron chi connectivity index (χ0n) is 12.9. The number of rotatable bonds is 3. The fourth-order valence-corrected chi connectivity index (χ4v) is 2.34. The van der Waals surface area contributed by atoms with Crippen LogP contribution >= 0.6 is 0 Å². The van der Waals surface area contributed by atoms with Crippen LogP contribution in [0.1, 0.15) is 31.1 Å². The van der Waals surface area contributed by atoms with Gasteiger partial charge in [-0.15, -0.1) is 0 Å². The smallest absolute Gasteiger partial charge is 0.257 e. The normalized spacial score (nSPS) is 16.8. The summed E-state index contributed by atoms with van der Waals surface area (Å²) in [6.45, 7) is 8.96. The van der Waals surface area contributed by atoms with Crippen LogP contribution in [-0.4, -0.2) is 59.9 Å². The highest BCUT2D eigenvalue weighted by molar-refractivity contribution is 5.93. The van der Waals surface area contributed by atoms with E-state index in [0.29, 0.717) is 38.3 Å². The van der Waals surface area contributed by atoms with Crippen LogP contribution in [0.5, 0.6) is 0 Å². The Bertz CT molecular complexity index is 483. The number of carbonyl (C=O) groups excluding carboxylic acids is 2. The minimum Gasteiger partial charge on any atom is -0.472 e. The number of piperazine rings is 1. The monoisotopic (exact) mass is 293 g/mol. The molecule has 1 aromatic heterocycles. The SMILES string of the molecule is CC(C)(C)NC(=O)CN1CCN(C(=O)c2ccoc2)CC1. The number of hydrogen-bond donors (Lipinski definition) is 1. The second kappa shape index (κ2) is 6.30. The standard InChI is InChI=1S/C15H23N3O3/c1-15(2,3)16-13(19)10-17-5-7-18(8-6-17)14(20)12-4-9-21-11-12/h4,9,11H,5-8,10H2,1-3H3,(H,16,19). The molecule has 0 spiro atoms. The fraction of sp³-hybridized carbons (Fsp3) is 0.600. The molecular weight excluding hydrogens is 270 g/mol. The van der Waals surface area contributed by atoms with E-state index in [9.17, 15) is 9.59 Å². The first-order valence-electron chi connectivity index (χ1n) is 7.20. The van der Waals surface area contributed by atoms with Gasteiger partial charge in [0.25, 0.3) is 5.91 Å². The molecule has 0 unspecified atom stereocenters. The van der Waals surface area contributed by atoms with Crippen molar-refractivity contribution in [3.05, 3.63) is 24.2 Å². The molecule has 2 rings (SSSR count). The Labute approximate surface area is 125 Å². The lowest BCUT2D eigenvalue weighted by molar-refractivity contribution is -0.124. The zero-order chi connectivity index (χ0) is 15.5. The molecule has 1 N–H and O–H groups in total. The quantitative estimate of drug-likeness (QED) is 0.901. The summed E-state index contributed by atoms with van der Waals surface area (Å²) in [7, 11) is 0. The summed E-state index contributed by atoms with van der Waals surface area (Å²) in [5.74, 6) is 0.0136. The number of furan rings is 1. The summed E-state index contributed by atoms with van der Waals surface area (Å²) >= 11 is 0. The maximum atomic E-state index is 12.1. The van der Waals surface area contributed by atoms with E-state index in [2.05, 4.69) is 10.2 Å². The van der Waals surface area contributed by atoms with Gasteiger partial charge in [-0.05, 0) is 26.8 Å². The second-order valence-electron chi connectivity index (χ2n) is 6.38.